The molecule has 0 spiro atoms. The van der Waals surface area contributed by atoms with Crippen LogP contribution in [0.15, 0.2) is 60.7 Å². The maximum atomic E-state index is 13.5. The number of rotatable bonds is 12. The molecule has 0 radical (unpaired) electrons. The van der Waals surface area contributed by atoms with Crippen molar-refractivity contribution >= 4 is 23.6 Å². The average molecular weight is 550 g/mol. The lowest BCUT2D eigenvalue weighted by atomic mass is 10.0. The van der Waals surface area contributed by atoms with Gasteiger partial charge >= 0.3 is 0 Å². The van der Waals surface area contributed by atoms with Crippen molar-refractivity contribution in [2.75, 3.05) is 32.8 Å². The van der Waals surface area contributed by atoms with Crippen LogP contribution in [0.4, 0.5) is 0 Å². The zero-order chi connectivity index (χ0) is 28.5. The van der Waals surface area contributed by atoms with Crippen LogP contribution in [0.5, 0.6) is 0 Å². The Bertz CT molecular complexity index is 1160. The average Bonchev–Trinajstić information content (AvgIpc) is 3.22. The van der Waals surface area contributed by atoms with Crippen molar-refractivity contribution in [2.45, 2.75) is 56.8 Å². The monoisotopic (exact) mass is 549 g/mol. The number of carbonyl (C=O) groups is 4. The van der Waals surface area contributed by atoms with Gasteiger partial charge in [-0.05, 0) is 37.3 Å². The van der Waals surface area contributed by atoms with E-state index in [1.165, 1.54) is 4.90 Å². The summed E-state index contributed by atoms with van der Waals surface area (Å²) in [4.78, 5) is 55.7. The number of carbonyl (C=O) groups excluding carboxylic acids is 4. The Hall–Kier alpha value is -3.76. The molecule has 0 saturated carbocycles. The van der Waals surface area contributed by atoms with Gasteiger partial charge in [-0.3, -0.25) is 24.1 Å². The van der Waals surface area contributed by atoms with Gasteiger partial charge in [-0.2, -0.15) is 0 Å². The van der Waals surface area contributed by atoms with E-state index in [1.807, 2.05) is 72.5 Å². The minimum absolute atomic E-state index is 0.172. The van der Waals surface area contributed by atoms with Crippen LogP contribution in [0.3, 0.4) is 0 Å². The lowest BCUT2D eigenvalue weighted by Gasteiger charge is -2.29. The zero-order valence-electron chi connectivity index (χ0n) is 23.0. The van der Waals surface area contributed by atoms with Crippen LogP contribution >= 0.6 is 0 Å². The number of nitrogens with two attached hydrogens (primary N) is 1. The summed E-state index contributed by atoms with van der Waals surface area (Å²) >= 11 is 0. The van der Waals surface area contributed by atoms with Crippen molar-refractivity contribution in [1.29, 1.82) is 0 Å². The molecular formula is C30H39N5O5. The fraction of sp³-hybridized carbons (Fsp3) is 0.467. The Balaban J connectivity index is 1.42. The standard InChI is InChI=1S/C30H39N5O5/c1-21-18-25(30(39)35(21)26(28(31)37)19-23-10-6-3-7-11-23)33-29(38)24(13-12-22-8-4-2-5-9-22)32-27(36)20-34-14-16-40-17-15-34/h2-11,21,24-26H,12-20H2,1H3,(H2,31,37)(H,32,36)(H,33,38)/t21?,24-,25-,26+/m1/s1. The molecule has 2 aliphatic rings. The highest BCUT2D eigenvalue weighted by molar-refractivity contribution is 5.95. The van der Waals surface area contributed by atoms with E-state index in [4.69, 9.17) is 10.5 Å². The highest BCUT2D eigenvalue weighted by Crippen LogP contribution is 2.24. The first-order chi connectivity index (χ1) is 19.3. The van der Waals surface area contributed by atoms with Crippen molar-refractivity contribution < 1.29 is 23.9 Å². The number of nitrogens with zero attached hydrogens (tertiary/aromatic N) is 2. The summed E-state index contributed by atoms with van der Waals surface area (Å²) < 4.78 is 5.35. The molecule has 2 heterocycles. The van der Waals surface area contributed by atoms with Crippen molar-refractivity contribution in [3.05, 3.63) is 71.8 Å². The van der Waals surface area contributed by atoms with Gasteiger partial charge in [0.2, 0.25) is 23.6 Å². The second-order valence-electron chi connectivity index (χ2n) is 10.5. The lowest BCUT2D eigenvalue weighted by molar-refractivity contribution is -0.140. The van der Waals surface area contributed by atoms with Gasteiger partial charge in [-0.15, -0.1) is 0 Å². The first-order valence-electron chi connectivity index (χ1n) is 13.9. The summed E-state index contributed by atoms with van der Waals surface area (Å²) in [5, 5.41) is 5.75. The normalized spacial score (nSPS) is 21.0. The first-order valence-corrected chi connectivity index (χ1v) is 13.9. The van der Waals surface area contributed by atoms with Gasteiger partial charge in [0.05, 0.1) is 19.8 Å². The van der Waals surface area contributed by atoms with Gasteiger partial charge in [0.1, 0.15) is 18.1 Å². The van der Waals surface area contributed by atoms with Gasteiger partial charge in [-0.25, -0.2) is 0 Å². The number of hydrogen-bond acceptors (Lipinski definition) is 6. The fourth-order valence-corrected chi connectivity index (χ4v) is 5.41. The molecule has 10 nitrogen and oxygen atoms in total. The molecule has 4 rings (SSSR count). The molecule has 0 aromatic heterocycles. The van der Waals surface area contributed by atoms with Gasteiger partial charge in [-0.1, -0.05) is 60.7 Å². The number of likely N-dealkylation sites (tertiary alicyclic amines) is 1. The van der Waals surface area contributed by atoms with Crippen LogP contribution in [0.25, 0.3) is 0 Å². The first kappa shape index (κ1) is 29.2. The van der Waals surface area contributed by atoms with E-state index >= 15 is 0 Å². The van der Waals surface area contributed by atoms with E-state index in [0.29, 0.717) is 52.0 Å². The summed E-state index contributed by atoms with van der Waals surface area (Å²) in [5.74, 6) is -1.61. The summed E-state index contributed by atoms with van der Waals surface area (Å²) in [5.41, 5.74) is 7.67. The number of primary amides is 1. The van der Waals surface area contributed by atoms with E-state index < -0.39 is 29.9 Å². The van der Waals surface area contributed by atoms with Crippen LogP contribution < -0.4 is 16.4 Å². The molecule has 2 aromatic carbocycles. The SMILES string of the molecule is CC1C[C@@H](NC(=O)[C@@H](CCc2ccccc2)NC(=O)CN2CCOCC2)C(=O)N1[C@@H](Cc1ccccc1)C(N)=O. The van der Waals surface area contributed by atoms with Crippen LogP contribution in [-0.4, -0.2) is 90.4 Å². The molecule has 40 heavy (non-hydrogen) atoms. The molecule has 2 aromatic rings. The number of hydrogen-bond donors (Lipinski definition) is 3. The van der Waals surface area contributed by atoms with Crippen LogP contribution in [0, 0.1) is 0 Å². The molecule has 2 aliphatic heterocycles. The summed E-state index contributed by atoms with van der Waals surface area (Å²) in [6.07, 6.45) is 1.60. The van der Waals surface area contributed by atoms with E-state index in [0.717, 1.165) is 11.1 Å². The number of aryl methyl sites for hydroxylation is 1. The third kappa shape index (κ3) is 7.89. The molecule has 2 fully saturated rings. The number of ether oxygens (including phenoxy) is 1. The predicted octanol–water partition coefficient (Wildman–Crippen LogP) is 0.638. The second kappa shape index (κ2) is 14.0. The van der Waals surface area contributed by atoms with Crippen LogP contribution in [-0.2, 0) is 36.8 Å². The number of benzene rings is 2. The van der Waals surface area contributed by atoms with E-state index in [-0.39, 0.29) is 24.4 Å². The number of amides is 4. The fourth-order valence-electron chi connectivity index (χ4n) is 5.41. The van der Waals surface area contributed by atoms with Crippen molar-refractivity contribution in [3.63, 3.8) is 0 Å². The highest BCUT2D eigenvalue weighted by atomic mass is 16.5. The topological polar surface area (TPSA) is 134 Å². The molecule has 4 N–H and O–H groups in total. The Morgan fingerprint density at radius 1 is 1.00 bits per heavy atom. The van der Waals surface area contributed by atoms with Gasteiger partial charge in [0.25, 0.3) is 0 Å². The van der Waals surface area contributed by atoms with Crippen LogP contribution in [0.2, 0.25) is 0 Å². The van der Waals surface area contributed by atoms with E-state index in [2.05, 4.69) is 10.6 Å². The minimum atomic E-state index is -0.825. The summed E-state index contributed by atoms with van der Waals surface area (Å²) in [7, 11) is 0. The van der Waals surface area contributed by atoms with Crippen molar-refractivity contribution in [2.24, 2.45) is 5.73 Å². The predicted molar refractivity (Wildman–Crippen MR) is 150 cm³/mol. The van der Waals surface area contributed by atoms with E-state index in [1.54, 1.807) is 0 Å². The maximum Gasteiger partial charge on any atom is 0.246 e. The lowest BCUT2D eigenvalue weighted by Crippen LogP contribution is -2.55. The Morgan fingerprint density at radius 3 is 2.25 bits per heavy atom. The maximum absolute atomic E-state index is 13.5. The molecule has 0 bridgehead atoms. The van der Waals surface area contributed by atoms with Gasteiger partial charge in [0, 0.05) is 25.6 Å². The largest absolute Gasteiger partial charge is 0.379 e. The Labute approximate surface area is 235 Å². The molecule has 214 valence electrons. The number of nitrogens with one attached hydrogen (secondary N) is 2. The van der Waals surface area contributed by atoms with Gasteiger partial charge in [0.15, 0.2) is 0 Å². The summed E-state index contributed by atoms with van der Waals surface area (Å²) in [6.45, 7) is 4.47. The molecule has 10 heteroatoms. The van der Waals surface area contributed by atoms with Crippen LogP contribution in [0.1, 0.15) is 30.9 Å². The Kier molecular flexibility index (Phi) is 10.3. The number of morpholine rings is 1. The van der Waals surface area contributed by atoms with E-state index in [9.17, 15) is 19.2 Å². The van der Waals surface area contributed by atoms with Crippen molar-refractivity contribution in [1.82, 2.24) is 20.4 Å². The molecule has 1 unspecified atom stereocenters. The minimum Gasteiger partial charge on any atom is -0.379 e. The molecule has 4 atom stereocenters. The Morgan fingerprint density at radius 2 is 1.62 bits per heavy atom. The van der Waals surface area contributed by atoms with Gasteiger partial charge < -0.3 is 26.0 Å². The summed E-state index contributed by atoms with van der Waals surface area (Å²) in [6, 6.07) is 16.4. The molecule has 2 saturated heterocycles. The third-order valence-electron chi connectivity index (χ3n) is 7.54. The zero-order valence-corrected chi connectivity index (χ0v) is 23.0. The molecule has 0 aliphatic carbocycles. The highest BCUT2D eigenvalue weighted by Gasteiger charge is 2.44. The molecular weight excluding hydrogens is 510 g/mol. The van der Waals surface area contributed by atoms with Crippen molar-refractivity contribution in [3.8, 4) is 0 Å². The smallest absolute Gasteiger partial charge is 0.246 e. The molecule has 4 amide bonds. The quantitative estimate of drug-likeness (QED) is 0.356. The second-order valence-corrected chi connectivity index (χ2v) is 10.5. The third-order valence-corrected chi connectivity index (χ3v) is 7.54.